The maximum Gasteiger partial charge on any atom is 0.263 e. The molecule has 0 bridgehead atoms. The largest absolute Gasteiger partial charge is 0.397 e. The van der Waals surface area contributed by atoms with Crippen LogP contribution in [0, 0.1) is 5.53 Å². The van der Waals surface area contributed by atoms with Gasteiger partial charge in [0.2, 0.25) is 5.95 Å². The van der Waals surface area contributed by atoms with E-state index in [0.717, 1.165) is 43.2 Å². The minimum atomic E-state index is -0.491. The van der Waals surface area contributed by atoms with Gasteiger partial charge in [-0.05, 0) is 49.4 Å². The van der Waals surface area contributed by atoms with E-state index < -0.39 is 5.91 Å². The third-order valence-corrected chi connectivity index (χ3v) is 6.00. The summed E-state index contributed by atoms with van der Waals surface area (Å²) >= 11 is 4.11. The maximum atomic E-state index is 12.3. The average molecular weight is 491 g/mol. The maximum absolute atomic E-state index is 12.3. The topological polar surface area (TPSA) is 142 Å². The molecule has 1 fully saturated rings. The molecule has 5 N–H and O–H groups in total. The fourth-order valence-electron chi connectivity index (χ4n) is 3.52. The van der Waals surface area contributed by atoms with Gasteiger partial charge in [0.15, 0.2) is 0 Å². The van der Waals surface area contributed by atoms with E-state index in [1.807, 2.05) is 12.1 Å². The van der Waals surface area contributed by atoms with Crippen molar-refractivity contribution in [2.75, 3.05) is 47.6 Å². The van der Waals surface area contributed by atoms with Crippen LogP contribution in [0.25, 0.3) is 11.3 Å². The third kappa shape index (κ3) is 5.94. The summed E-state index contributed by atoms with van der Waals surface area (Å²) in [6, 6.07) is 15.1. The van der Waals surface area contributed by atoms with Crippen LogP contribution in [0.1, 0.15) is 6.92 Å². The molecule has 11 heteroatoms. The average Bonchev–Trinajstić information content (AvgIpc) is 2.90. The quantitative estimate of drug-likeness (QED) is 0.143. The predicted molar refractivity (Wildman–Crippen MR) is 140 cm³/mol. The molecular weight excluding hydrogens is 464 g/mol. The van der Waals surface area contributed by atoms with Crippen molar-refractivity contribution in [2.45, 2.75) is 6.92 Å². The van der Waals surface area contributed by atoms with E-state index in [9.17, 15) is 4.79 Å². The van der Waals surface area contributed by atoms with Crippen LogP contribution in [-0.4, -0.2) is 42.2 Å². The Morgan fingerprint density at radius 2 is 1.91 bits per heavy atom. The molecule has 0 radical (unpaired) electrons. The summed E-state index contributed by atoms with van der Waals surface area (Å²) < 4.78 is 5.41. The second-order valence-corrected chi connectivity index (χ2v) is 8.29. The molecular formula is C24H26N8O2S. The highest BCUT2D eigenvalue weighted by molar-refractivity contribution is 7.85. The fraction of sp³-hybridized carbons (Fsp3) is 0.208. The standard InChI is InChI=1S/C24H26N8O2S/c1-15(31-26)22(35)23(33)29-21-7-2-16(14-19(21)25)20-8-9-27-24(30-20)28-17-3-5-18(6-4-17)32-10-12-34-13-11-32/h2-9,14,26,35H,10-13,25H2,1H3,(H,29,33)(H,27,28,30)/b22-15-,31-26?. The number of allylic oxidation sites excluding steroid dienone is 1. The Labute approximate surface area is 208 Å². The number of thiol groups is 1. The summed E-state index contributed by atoms with van der Waals surface area (Å²) in [7, 11) is 0. The minimum absolute atomic E-state index is 0.0490. The minimum Gasteiger partial charge on any atom is -0.397 e. The first-order chi connectivity index (χ1) is 16.9. The van der Waals surface area contributed by atoms with Crippen LogP contribution in [-0.2, 0) is 9.53 Å². The number of aromatic nitrogens is 2. The van der Waals surface area contributed by atoms with Crippen LogP contribution >= 0.6 is 12.6 Å². The lowest BCUT2D eigenvalue weighted by atomic mass is 10.1. The van der Waals surface area contributed by atoms with Crippen molar-refractivity contribution in [3.63, 3.8) is 0 Å². The molecule has 10 nitrogen and oxygen atoms in total. The smallest absolute Gasteiger partial charge is 0.263 e. The molecule has 4 rings (SSSR count). The molecule has 1 amide bonds. The van der Waals surface area contributed by atoms with Crippen molar-refractivity contribution >= 4 is 47.2 Å². The van der Waals surface area contributed by atoms with E-state index in [-0.39, 0.29) is 10.6 Å². The van der Waals surface area contributed by atoms with Crippen LogP contribution in [0.5, 0.6) is 0 Å². The van der Waals surface area contributed by atoms with Gasteiger partial charge >= 0.3 is 0 Å². The van der Waals surface area contributed by atoms with E-state index in [2.05, 4.69) is 55.4 Å². The van der Waals surface area contributed by atoms with Crippen LogP contribution in [0.3, 0.4) is 0 Å². The summed E-state index contributed by atoms with van der Waals surface area (Å²) in [6.07, 6.45) is 1.67. The normalized spacial score (nSPS) is 14.2. The zero-order valence-corrected chi connectivity index (χ0v) is 20.0. The van der Waals surface area contributed by atoms with E-state index in [1.165, 1.54) is 6.92 Å². The third-order valence-electron chi connectivity index (χ3n) is 5.48. The Hall–Kier alpha value is -3.96. The second-order valence-electron chi connectivity index (χ2n) is 7.84. The Morgan fingerprint density at radius 1 is 1.17 bits per heavy atom. The van der Waals surface area contributed by atoms with Gasteiger partial charge in [-0.2, -0.15) is 5.11 Å². The Bertz CT molecular complexity index is 1260. The lowest BCUT2D eigenvalue weighted by Gasteiger charge is -2.28. The highest BCUT2D eigenvalue weighted by Crippen LogP contribution is 2.28. The van der Waals surface area contributed by atoms with Gasteiger partial charge in [0, 0.05) is 36.2 Å². The number of nitrogens with two attached hydrogens (primary N) is 1. The lowest BCUT2D eigenvalue weighted by Crippen LogP contribution is -2.36. The number of hydrogen-bond acceptors (Lipinski definition) is 10. The lowest BCUT2D eigenvalue weighted by molar-refractivity contribution is -0.112. The highest BCUT2D eigenvalue weighted by atomic mass is 32.1. The second kappa shape index (κ2) is 11.0. The molecule has 0 unspecified atom stereocenters. The number of nitrogens with zero attached hydrogens (tertiary/aromatic N) is 4. The molecule has 0 aliphatic carbocycles. The monoisotopic (exact) mass is 490 g/mol. The first-order valence-corrected chi connectivity index (χ1v) is 11.4. The molecule has 1 aromatic heterocycles. The molecule has 35 heavy (non-hydrogen) atoms. The molecule has 180 valence electrons. The van der Waals surface area contributed by atoms with E-state index in [4.69, 9.17) is 16.0 Å². The highest BCUT2D eigenvalue weighted by Gasteiger charge is 2.13. The summed E-state index contributed by atoms with van der Waals surface area (Å²) in [6.45, 7) is 4.79. The van der Waals surface area contributed by atoms with Crippen LogP contribution < -0.4 is 21.3 Å². The first-order valence-electron chi connectivity index (χ1n) is 11.0. The zero-order valence-electron chi connectivity index (χ0n) is 19.2. The summed E-state index contributed by atoms with van der Waals surface area (Å²) in [4.78, 5) is 23.5. The SMILES string of the molecule is C/C(N=N)=C(/S)C(=O)Nc1ccc(-c2ccnc(Nc3ccc(N4CCOCC4)cc3)n2)cc1N. The van der Waals surface area contributed by atoms with Gasteiger partial charge in [0.25, 0.3) is 5.91 Å². The van der Waals surface area contributed by atoms with E-state index in [0.29, 0.717) is 23.0 Å². The van der Waals surface area contributed by atoms with Crippen molar-refractivity contribution in [2.24, 2.45) is 5.11 Å². The fourth-order valence-corrected chi connectivity index (χ4v) is 3.63. The van der Waals surface area contributed by atoms with Crippen molar-refractivity contribution < 1.29 is 9.53 Å². The molecule has 1 saturated heterocycles. The molecule has 1 aliphatic heterocycles. The van der Waals surface area contributed by atoms with E-state index in [1.54, 1.807) is 30.5 Å². The number of carbonyl (C=O) groups is 1. The number of nitrogens with one attached hydrogen (secondary N) is 3. The Balaban J connectivity index is 1.46. The van der Waals surface area contributed by atoms with Crippen LogP contribution in [0.4, 0.5) is 28.7 Å². The number of morpholine rings is 1. The van der Waals surface area contributed by atoms with Gasteiger partial charge in [0.1, 0.15) is 0 Å². The summed E-state index contributed by atoms with van der Waals surface area (Å²) in [5, 5.41) is 9.14. The number of ether oxygens (including phenoxy) is 1. The molecule has 2 aromatic carbocycles. The Kier molecular flexibility index (Phi) is 7.58. The number of anilines is 5. The van der Waals surface area contributed by atoms with Crippen molar-refractivity contribution in [1.82, 2.24) is 9.97 Å². The van der Waals surface area contributed by atoms with Gasteiger partial charge in [-0.1, -0.05) is 6.07 Å². The number of nitrogen functional groups attached to an aromatic ring is 1. The van der Waals surface area contributed by atoms with Crippen molar-refractivity contribution in [1.29, 1.82) is 5.53 Å². The zero-order chi connectivity index (χ0) is 24.8. The number of hydrogen-bond donors (Lipinski definition) is 5. The molecule has 2 heterocycles. The number of amides is 1. The summed E-state index contributed by atoms with van der Waals surface area (Å²) in [5.74, 6) is -0.0357. The molecule has 1 aliphatic rings. The summed E-state index contributed by atoms with van der Waals surface area (Å²) in [5.41, 5.74) is 17.7. The molecule has 0 atom stereocenters. The first kappa shape index (κ1) is 24.2. The van der Waals surface area contributed by atoms with E-state index >= 15 is 0 Å². The van der Waals surface area contributed by atoms with Gasteiger partial charge in [-0.3, -0.25) is 4.79 Å². The molecule has 0 saturated carbocycles. The van der Waals surface area contributed by atoms with Gasteiger partial charge in [-0.25, -0.2) is 15.5 Å². The molecule has 3 aromatic rings. The molecule has 0 spiro atoms. The van der Waals surface area contributed by atoms with Gasteiger partial charge in [-0.15, -0.1) is 12.6 Å². The van der Waals surface area contributed by atoms with Crippen LogP contribution in [0.15, 0.2) is 70.4 Å². The number of benzene rings is 2. The van der Waals surface area contributed by atoms with Crippen LogP contribution in [0.2, 0.25) is 0 Å². The predicted octanol–water partition coefficient (Wildman–Crippen LogP) is 4.44. The van der Waals surface area contributed by atoms with Gasteiger partial charge in [0.05, 0.1) is 40.9 Å². The van der Waals surface area contributed by atoms with Crippen molar-refractivity contribution in [3.05, 3.63) is 65.3 Å². The van der Waals surface area contributed by atoms with Gasteiger partial charge < -0.3 is 26.0 Å². The number of rotatable bonds is 7. The number of carbonyl (C=O) groups excluding carboxylic acids is 1. The Morgan fingerprint density at radius 3 is 2.60 bits per heavy atom. The van der Waals surface area contributed by atoms with Crippen molar-refractivity contribution in [3.8, 4) is 11.3 Å².